The summed E-state index contributed by atoms with van der Waals surface area (Å²) in [5.74, 6) is 7.83. The Labute approximate surface area is 129 Å². The summed E-state index contributed by atoms with van der Waals surface area (Å²) in [6, 6.07) is 3.18. The van der Waals surface area contributed by atoms with E-state index in [4.69, 9.17) is 0 Å². The van der Waals surface area contributed by atoms with Gasteiger partial charge in [0.05, 0.1) is 11.3 Å². The van der Waals surface area contributed by atoms with Crippen LogP contribution < -0.4 is 5.32 Å². The van der Waals surface area contributed by atoms with Crippen LogP contribution in [0.2, 0.25) is 0 Å². The molecule has 0 unspecified atom stereocenters. The van der Waals surface area contributed by atoms with E-state index in [-0.39, 0.29) is 11.6 Å². The Hall–Kier alpha value is -2.67. The molecule has 1 fully saturated rings. The van der Waals surface area contributed by atoms with Crippen LogP contribution >= 0.6 is 0 Å². The van der Waals surface area contributed by atoms with Crippen molar-refractivity contribution in [3.63, 3.8) is 0 Å². The van der Waals surface area contributed by atoms with Gasteiger partial charge in [0.25, 0.3) is 5.60 Å². The van der Waals surface area contributed by atoms with Crippen molar-refractivity contribution in [1.29, 1.82) is 0 Å². The van der Waals surface area contributed by atoms with Crippen molar-refractivity contribution < 1.29 is 27.1 Å². The number of carbonyl (C=O) groups excluding carboxylic acids is 1. The van der Waals surface area contributed by atoms with Crippen LogP contribution in [0.25, 0.3) is 0 Å². The number of carbonyl (C=O) groups is 1. The maximum atomic E-state index is 14.0. The van der Waals surface area contributed by atoms with Crippen LogP contribution in [0.5, 0.6) is 0 Å². The van der Waals surface area contributed by atoms with Gasteiger partial charge in [0, 0.05) is 5.92 Å². The van der Waals surface area contributed by atoms with Gasteiger partial charge in [0.1, 0.15) is 5.82 Å². The largest absolute Gasteiger partial charge is 0.445 e. The monoisotopic (exact) mass is 323 g/mol. The van der Waals surface area contributed by atoms with Crippen molar-refractivity contribution in [2.24, 2.45) is 5.92 Å². The minimum atomic E-state index is -5.13. The quantitative estimate of drug-likeness (QED) is 0.586. The molecule has 1 heterocycles. The van der Waals surface area contributed by atoms with Crippen LogP contribution in [0.3, 0.4) is 0 Å². The fourth-order valence-corrected chi connectivity index (χ4v) is 2.16. The SMILES string of the molecule is O=C1Nc2cccc(F)c2[C@@](C#CC#CC2CC2)(C(F)(F)F)O1. The predicted octanol–water partition coefficient (Wildman–Crippen LogP) is 3.56. The summed E-state index contributed by atoms with van der Waals surface area (Å²) in [5.41, 5.74) is -4.58. The van der Waals surface area contributed by atoms with Gasteiger partial charge in [-0.15, -0.1) is 0 Å². The Morgan fingerprint density at radius 2 is 2.00 bits per heavy atom. The number of rotatable bonds is 0. The molecule has 7 heteroatoms. The van der Waals surface area contributed by atoms with Crippen molar-refractivity contribution in [2.75, 3.05) is 5.32 Å². The summed E-state index contributed by atoms with van der Waals surface area (Å²) in [4.78, 5) is 11.5. The molecule has 3 nitrogen and oxygen atoms in total. The van der Waals surface area contributed by atoms with Crippen molar-refractivity contribution in [3.05, 3.63) is 29.6 Å². The molecule has 1 saturated carbocycles. The average Bonchev–Trinajstić information content (AvgIpc) is 3.26. The second kappa shape index (κ2) is 5.20. The Bertz CT molecular complexity index is 790. The smallest absolute Gasteiger partial charge is 0.415 e. The van der Waals surface area contributed by atoms with E-state index < -0.39 is 29.3 Å². The summed E-state index contributed by atoms with van der Waals surface area (Å²) >= 11 is 0. The molecular weight excluding hydrogens is 314 g/mol. The minimum absolute atomic E-state index is 0.144. The molecule has 2 aliphatic rings. The normalized spacial score (nSPS) is 22.5. The number of anilines is 1. The van der Waals surface area contributed by atoms with Gasteiger partial charge < -0.3 is 4.74 Å². The van der Waals surface area contributed by atoms with E-state index in [1.807, 2.05) is 11.2 Å². The van der Waals surface area contributed by atoms with Gasteiger partial charge in [-0.3, -0.25) is 5.32 Å². The molecule has 1 amide bonds. The Morgan fingerprint density at radius 3 is 2.65 bits per heavy atom. The molecule has 0 saturated heterocycles. The number of halogens is 4. The maximum absolute atomic E-state index is 14.0. The van der Waals surface area contributed by atoms with Gasteiger partial charge >= 0.3 is 12.3 Å². The van der Waals surface area contributed by atoms with Gasteiger partial charge in [-0.1, -0.05) is 12.0 Å². The highest BCUT2D eigenvalue weighted by Crippen LogP contribution is 2.48. The number of alkyl halides is 3. The fourth-order valence-electron chi connectivity index (χ4n) is 2.16. The third-order valence-corrected chi connectivity index (χ3v) is 3.40. The van der Waals surface area contributed by atoms with E-state index in [2.05, 4.69) is 22.5 Å². The second-order valence-corrected chi connectivity index (χ2v) is 5.15. The molecule has 0 bridgehead atoms. The zero-order chi connectivity index (χ0) is 16.7. The molecular formula is C16H9F4NO2. The van der Waals surface area contributed by atoms with E-state index in [1.54, 1.807) is 0 Å². The zero-order valence-electron chi connectivity index (χ0n) is 11.6. The number of nitrogens with one attached hydrogen (secondary N) is 1. The molecule has 118 valence electrons. The molecule has 0 radical (unpaired) electrons. The number of cyclic esters (lactones) is 1. The van der Waals surface area contributed by atoms with E-state index in [1.165, 1.54) is 6.07 Å². The first-order chi connectivity index (χ1) is 10.8. The minimum Gasteiger partial charge on any atom is -0.415 e. The summed E-state index contributed by atoms with van der Waals surface area (Å²) in [5, 5.41) is 2.04. The van der Waals surface area contributed by atoms with Crippen LogP contribution in [0, 0.1) is 35.4 Å². The maximum Gasteiger partial charge on any atom is 0.445 e. The topological polar surface area (TPSA) is 38.3 Å². The van der Waals surface area contributed by atoms with Crippen molar-refractivity contribution >= 4 is 11.8 Å². The number of hydrogen-bond donors (Lipinski definition) is 1. The molecule has 23 heavy (non-hydrogen) atoms. The molecule has 1 atom stereocenters. The van der Waals surface area contributed by atoms with Crippen LogP contribution in [-0.4, -0.2) is 12.3 Å². The lowest BCUT2D eigenvalue weighted by Gasteiger charge is -2.35. The lowest BCUT2D eigenvalue weighted by atomic mass is 9.90. The second-order valence-electron chi connectivity index (χ2n) is 5.15. The number of fused-ring (bicyclic) bond motifs is 1. The van der Waals surface area contributed by atoms with Gasteiger partial charge in [0.15, 0.2) is 0 Å². The van der Waals surface area contributed by atoms with Crippen LogP contribution in [0.15, 0.2) is 18.2 Å². The Morgan fingerprint density at radius 1 is 1.26 bits per heavy atom. The first kappa shape index (κ1) is 15.2. The molecule has 1 aliphatic heterocycles. The van der Waals surface area contributed by atoms with E-state index in [0.29, 0.717) is 0 Å². The molecule has 1 aromatic rings. The van der Waals surface area contributed by atoms with Gasteiger partial charge in [-0.2, -0.15) is 13.2 Å². The highest BCUT2D eigenvalue weighted by atomic mass is 19.4. The van der Waals surface area contributed by atoms with Crippen LogP contribution in [0.4, 0.5) is 28.0 Å². The van der Waals surface area contributed by atoms with Gasteiger partial charge in [-0.05, 0) is 42.7 Å². The highest BCUT2D eigenvalue weighted by molar-refractivity contribution is 5.89. The lowest BCUT2D eigenvalue weighted by Crippen LogP contribution is -2.50. The molecule has 1 aliphatic carbocycles. The number of amides is 1. The van der Waals surface area contributed by atoms with E-state index >= 15 is 0 Å². The average molecular weight is 323 g/mol. The first-order valence-electron chi connectivity index (χ1n) is 6.72. The van der Waals surface area contributed by atoms with E-state index in [0.717, 1.165) is 25.0 Å². The lowest BCUT2D eigenvalue weighted by molar-refractivity contribution is -0.240. The molecule has 1 aromatic carbocycles. The van der Waals surface area contributed by atoms with Crippen molar-refractivity contribution in [2.45, 2.75) is 24.6 Å². The van der Waals surface area contributed by atoms with Crippen molar-refractivity contribution in [1.82, 2.24) is 0 Å². The standard InChI is InChI=1S/C16H9F4NO2/c17-11-5-3-6-12-13(11)15(16(18,19)20,23-14(22)21-12)9-2-1-4-10-7-8-10/h3,5-6,10H,7-8H2,(H,21,22)/t15-/m0/s1. The molecule has 0 aromatic heterocycles. The van der Waals surface area contributed by atoms with Gasteiger partial charge in [-0.25, -0.2) is 9.18 Å². The van der Waals surface area contributed by atoms with Crippen LogP contribution in [-0.2, 0) is 10.3 Å². The number of hydrogen-bond acceptors (Lipinski definition) is 2. The Kier molecular flexibility index (Phi) is 3.45. The zero-order valence-corrected chi connectivity index (χ0v) is 11.6. The molecule has 3 rings (SSSR count). The van der Waals surface area contributed by atoms with E-state index in [9.17, 15) is 22.4 Å². The molecule has 0 spiro atoms. The summed E-state index contributed by atoms with van der Waals surface area (Å²) in [7, 11) is 0. The fraction of sp³-hybridized carbons (Fsp3) is 0.312. The summed E-state index contributed by atoms with van der Waals surface area (Å²) in [6.07, 6.45) is -4.72. The number of ether oxygens (including phenoxy) is 1. The van der Waals surface area contributed by atoms with Crippen molar-refractivity contribution in [3.8, 4) is 23.7 Å². The Balaban J connectivity index is 2.17. The third kappa shape index (κ3) is 2.70. The first-order valence-corrected chi connectivity index (χ1v) is 6.72. The third-order valence-electron chi connectivity index (χ3n) is 3.40. The summed E-state index contributed by atoms with van der Waals surface area (Å²) < 4.78 is 59.3. The van der Waals surface area contributed by atoms with Gasteiger partial charge in [0.2, 0.25) is 0 Å². The highest BCUT2D eigenvalue weighted by Gasteiger charge is 2.63. The number of benzene rings is 1. The molecule has 1 N–H and O–H groups in total. The predicted molar refractivity (Wildman–Crippen MR) is 72.5 cm³/mol. The van der Waals surface area contributed by atoms with Crippen LogP contribution in [0.1, 0.15) is 18.4 Å². The summed E-state index contributed by atoms with van der Waals surface area (Å²) in [6.45, 7) is 0.